The van der Waals surface area contributed by atoms with Gasteiger partial charge in [-0.05, 0) is 19.1 Å². The molecule has 1 N–H and O–H groups in total. The predicted molar refractivity (Wildman–Crippen MR) is 82.0 cm³/mol. The molecule has 0 bridgehead atoms. The smallest absolute Gasteiger partial charge is 0.253 e. The van der Waals surface area contributed by atoms with Crippen molar-refractivity contribution >= 4 is 15.9 Å². The van der Waals surface area contributed by atoms with Gasteiger partial charge >= 0.3 is 0 Å². The fourth-order valence-electron chi connectivity index (χ4n) is 2.20. The number of amides is 1. The summed E-state index contributed by atoms with van der Waals surface area (Å²) in [5, 5.41) is 2.84. The molecule has 2 atom stereocenters. The third-order valence-corrected chi connectivity index (χ3v) is 5.63. The monoisotopic (exact) mass is 327 g/mol. The van der Waals surface area contributed by atoms with Crippen LogP contribution < -0.4 is 5.32 Å². The molecule has 7 nitrogen and oxygen atoms in total. The van der Waals surface area contributed by atoms with Crippen molar-refractivity contribution in [3.8, 4) is 0 Å². The molecule has 1 aliphatic heterocycles. The summed E-state index contributed by atoms with van der Waals surface area (Å²) in [6.45, 7) is 2.48. The Balaban J connectivity index is 2.02. The van der Waals surface area contributed by atoms with Gasteiger partial charge in [0.25, 0.3) is 5.91 Å². The number of hydrogen-bond donors (Lipinski definition) is 1. The summed E-state index contributed by atoms with van der Waals surface area (Å²) < 4.78 is 30.5. The van der Waals surface area contributed by atoms with E-state index in [-0.39, 0.29) is 23.6 Å². The van der Waals surface area contributed by atoms with Gasteiger partial charge in [0.15, 0.2) is 0 Å². The SMILES string of the molecule is Cc1ccc(C(=O)N[C@H]2COC[C@H]2CS(=O)(=O)N(C)C)cn1. The molecule has 2 rings (SSSR count). The van der Waals surface area contributed by atoms with Gasteiger partial charge in [-0.25, -0.2) is 12.7 Å². The van der Waals surface area contributed by atoms with Crippen LogP contribution in [0.1, 0.15) is 16.1 Å². The van der Waals surface area contributed by atoms with Crippen LogP contribution >= 0.6 is 0 Å². The minimum absolute atomic E-state index is 0.0445. The molecule has 1 amide bonds. The number of pyridine rings is 1. The molecule has 1 saturated heterocycles. The summed E-state index contributed by atoms with van der Waals surface area (Å²) in [5.74, 6) is -0.568. The van der Waals surface area contributed by atoms with Gasteiger partial charge in [-0.15, -0.1) is 0 Å². The molecule has 0 radical (unpaired) electrons. The fraction of sp³-hybridized carbons (Fsp3) is 0.571. The Morgan fingerprint density at radius 3 is 2.73 bits per heavy atom. The van der Waals surface area contributed by atoms with Gasteiger partial charge < -0.3 is 10.1 Å². The zero-order chi connectivity index (χ0) is 16.3. The Morgan fingerprint density at radius 1 is 1.41 bits per heavy atom. The van der Waals surface area contributed by atoms with E-state index in [1.807, 2.05) is 6.92 Å². The van der Waals surface area contributed by atoms with Crippen LogP contribution in [0.3, 0.4) is 0 Å². The van der Waals surface area contributed by atoms with Crippen molar-refractivity contribution in [2.24, 2.45) is 5.92 Å². The third kappa shape index (κ3) is 4.02. The van der Waals surface area contributed by atoms with E-state index < -0.39 is 10.0 Å². The summed E-state index contributed by atoms with van der Waals surface area (Å²) in [6, 6.07) is 3.14. The maximum absolute atomic E-state index is 12.2. The molecule has 1 aliphatic rings. The number of aryl methyl sites for hydroxylation is 1. The molecule has 0 saturated carbocycles. The molecule has 0 unspecified atom stereocenters. The van der Waals surface area contributed by atoms with E-state index in [0.29, 0.717) is 18.8 Å². The molecule has 2 heterocycles. The molecule has 22 heavy (non-hydrogen) atoms. The lowest BCUT2D eigenvalue weighted by Crippen LogP contribution is -2.43. The van der Waals surface area contributed by atoms with E-state index in [2.05, 4.69) is 10.3 Å². The molecular formula is C14H21N3O4S. The van der Waals surface area contributed by atoms with Gasteiger partial charge in [0, 0.05) is 31.9 Å². The van der Waals surface area contributed by atoms with E-state index in [9.17, 15) is 13.2 Å². The Kier molecular flexibility index (Phi) is 5.15. The average Bonchev–Trinajstić information content (AvgIpc) is 2.85. The number of rotatable bonds is 5. The number of nitrogens with zero attached hydrogens (tertiary/aromatic N) is 2. The zero-order valence-electron chi connectivity index (χ0n) is 12.9. The van der Waals surface area contributed by atoms with Gasteiger partial charge in [-0.1, -0.05) is 0 Å². The predicted octanol–water partition coefficient (Wildman–Crippen LogP) is 0.0262. The maximum Gasteiger partial charge on any atom is 0.253 e. The lowest BCUT2D eigenvalue weighted by Gasteiger charge is -2.21. The Bertz CT molecular complexity index is 628. The molecule has 0 aromatic carbocycles. The van der Waals surface area contributed by atoms with Crippen molar-refractivity contribution in [2.75, 3.05) is 33.1 Å². The number of ether oxygens (including phenoxy) is 1. The molecule has 1 fully saturated rings. The van der Waals surface area contributed by atoms with Crippen molar-refractivity contribution in [1.82, 2.24) is 14.6 Å². The van der Waals surface area contributed by atoms with Crippen LogP contribution in [0.2, 0.25) is 0 Å². The number of nitrogens with one attached hydrogen (secondary N) is 1. The Labute approximate surface area is 130 Å². The van der Waals surface area contributed by atoms with E-state index in [4.69, 9.17) is 4.74 Å². The van der Waals surface area contributed by atoms with Crippen LogP contribution in [0.5, 0.6) is 0 Å². The normalized spacial score (nSPS) is 22.0. The van der Waals surface area contributed by atoms with Crippen molar-refractivity contribution in [3.05, 3.63) is 29.6 Å². The quantitative estimate of drug-likeness (QED) is 0.824. The largest absolute Gasteiger partial charge is 0.379 e. The molecule has 0 spiro atoms. The average molecular weight is 327 g/mol. The van der Waals surface area contributed by atoms with Crippen molar-refractivity contribution in [2.45, 2.75) is 13.0 Å². The highest BCUT2D eigenvalue weighted by Crippen LogP contribution is 2.17. The summed E-state index contributed by atoms with van der Waals surface area (Å²) in [4.78, 5) is 16.3. The summed E-state index contributed by atoms with van der Waals surface area (Å²) in [6.07, 6.45) is 1.51. The first-order valence-corrected chi connectivity index (χ1v) is 8.62. The van der Waals surface area contributed by atoms with E-state index >= 15 is 0 Å². The first kappa shape index (κ1) is 16.9. The van der Waals surface area contributed by atoms with Gasteiger partial charge in [0.05, 0.1) is 30.6 Å². The lowest BCUT2D eigenvalue weighted by atomic mass is 10.1. The standard InChI is InChI=1S/C14H21N3O4S/c1-10-4-5-11(6-15-10)14(18)16-13-8-21-7-12(13)9-22(19,20)17(2)3/h4-6,12-13H,7-9H2,1-3H3,(H,16,18)/t12-,13-/m0/s1. The second-order valence-corrected chi connectivity index (χ2v) is 7.85. The fourth-order valence-corrected chi connectivity index (χ4v) is 3.36. The van der Waals surface area contributed by atoms with Crippen LogP contribution in [0.15, 0.2) is 18.3 Å². The van der Waals surface area contributed by atoms with E-state index in [1.54, 1.807) is 12.1 Å². The van der Waals surface area contributed by atoms with Crippen LogP contribution in [0.25, 0.3) is 0 Å². The summed E-state index contributed by atoms with van der Waals surface area (Å²) in [5.41, 5.74) is 1.28. The van der Waals surface area contributed by atoms with Crippen LogP contribution in [-0.4, -0.2) is 62.7 Å². The third-order valence-electron chi connectivity index (χ3n) is 3.67. The molecular weight excluding hydrogens is 306 g/mol. The van der Waals surface area contributed by atoms with Crippen molar-refractivity contribution in [3.63, 3.8) is 0 Å². The van der Waals surface area contributed by atoms with Crippen LogP contribution in [0, 0.1) is 12.8 Å². The van der Waals surface area contributed by atoms with Gasteiger partial charge in [-0.3, -0.25) is 9.78 Å². The van der Waals surface area contributed by atoms with Gasteiger partial charge in [0.1, 0.15) is 0 Å². The summed E-state index contributed by atoms with van der Waals surface area (Å²) >= 11 is 0. The number of hydrogen-bond acceptors (Lipinski definition) is 5. The Hall–Kier alpha value is -1.51. The topological polar surface area (TPSA) is 88.6 Å². The maximum atomic E-state index is 12.2. The molecule has 1 aromatic rings. The molecule has 8 heteroatoms. The Morgan fingerprint density at radius 2 is 2.14 bits per heavy atom. The highest BCUT2D eigenvalue weighted by atomic mass is 32.2. The molecule has 0 aliphatic carbocycles. The number of carbonyl (C=O) groups excluding carboxylic acids is 1. The summed E-state index contributed by atoms with van der Waals surface area (Å²) in [7, 11) is -0.337. The second kappa shape index (κ2) is 6.72. The number of sulfonamides is 1. The first-order valence-electron chi connectivity index (χ1n) is 7.01. The number of aromatic nitrogens is 1. The first-order chi connectivity index (χ1) is 10.3. The highest BCUT2D eigenvalue weighted by molar-refractivity contribution is 7.89. The van der Waals surface area contributed by atoms with Crippen LogP contribution in [0.4, 0.5) is 0 Å². The van der Waals surface area contributed by atoms with Gasteiger partial charge in [-0.2, -0.15) is 0 Å². The number of carbonyl (C=O) groups is 1. The van der Waals surface area contributed by atoms with Crippen molar-refractivity contribution < 1.29 is 17.9 Å². The van der Waals surface area contributed by atoms with E-state index in [1.165, 1.54) is 24.6 Å². The van der Waals surface area contributed by atoms with Crippen LogP contribution in [-0.2, 0) is 14.8 Å². The highest BCUT2D eigenvalue weighted by Gasteiger charge is 2.34. The minimum atomic E-state index is -3.33. The minimum Gasteiger partial charge on any atom is -0.379 e. The molecule has 122 valence electrons. The van der Waals surface area contributed by atoms with Gasteiger partial charge in [0.2, 0.25) is 10.0 Å². The van der Waals surface area contributed by atoms with E-state index in [0.717, 1.165) is 5.69 Å². The molecule has 1 aromatic heterocycles. The second-order valence-electron chi connectivity index (χ2n) is 5.63. The lowest BCUT2D eigenvalue weighted by molar-refractivity contribution is 0.0925. The zero-order valence-corrected chi connectivity index (χ0v) is 13.8. The van der Waals surface area contributed by atoms with Crippen molar-refractivity contribution in [1.29, 1.82) is 0 Å².